The second-order valence-corrected chi connectivity index (χ2v) is 9.83. The number of benzene rings is 3. The van der Waals surface area contributed by atoms with Gasteiger partial charge in [-0.1, -0.05) is 78.7 Å². The van der Waals surface area contributed by atoms with Crippen LogP contribution in [0.2, 0.25) is 0 Å². The molecule has 40 heavy (non-hydrogen) atoms. The second-order valence-electron chi connectivity index (χ2n) is 9.83. The monoisotopic (exact) mass is 539 g/mol. The molecule has 2 aliphatic heterocycles. The lowest BCUT2D eigenvalue weighted by Crippen LogP contribution is -2.74. The number of nitrogens with one attached hydrogen (secondary N) is 1. The van der Waals surface area contributed by atoms with Gasteiger partial charge in [-0.15, -0.1) is 6.42 Å². The lowest BCUT2D eigenvalue weighted by Gasteiger charge is -2.55. The van der Waals surface area contributed by atoms with Crippen LogP contribution in [0.1, 0.15) is 35.7 Å². The van der Waals surface area contributed by atoms with Crippen LogP contribution in [-0.4, -0.2) is 63.5 Å². The van der Waals surface area contributed by atoms with E-state index in [1.165, 1.54) is 22.0 Å². The van der Waals surface area contributed by atoms with Gasteiger partial charge in [-0.25, -0.2) is 14.2 Å². The number of terminal acetylenes is 1. The van der Waals surface area contributed by atoms with Gasteiger partial charge in [0.25, 0.3) is 5.91 Å². The Balaban J connectivity index is 1.54. The summed E-state index contributed by atoms with van der Waals surface area (Å²) in [6, 6.07) is 22.7. The van der Waals surface area contributed by atoms with Crippen molar-refractivity contribution in [1.29, 1.82) is 0 Å². The molecule has 204 valence electrons. The standard InChI is InChI=1S/C31H30FN5O3/c1-3-18-34-21-28(38)36-27(37(34)31(40)33-19-23-10-6-4-7-11-23)20-35(22(2)24-14-16-26(32)17-15-24)30(39)29(36)25-12-8-5-9-13-25/h1,4-17,22,27,29H,18-21H2,2H3,(H,33,40)/t22?,27-,29-/m0/s1. The van der Waals surface area contributed by atoms with Crippen molar-refractivity contribution >= 4 is 17.8 Å². The predicted octanol–water partition coefficient (Wildman–Crippen LogP) is 3.70. The maximum atomic E-state index is 14.1. The van der Waals surface area contributed by atoms with Crippen LogP contribution in [-0.2, 0) is 16.1 Å². The highest BCUT2D eigenvalue weighted by Gasteiger charge is 2.52. The molecule has 2 aliphatic rings. The van der Waals surface area contributed by atoms with Gasteiger partial charge < -0.3 is 15.1 Å². The maximum Gasteiger partial charge on any atom is 0.334 e. The van der Waals surface area contributed by atoms with E-state index in [0.717, 1.165) is 11.1 Å². The zero-order valence-electron chi connectivity index (χ0n) is 22.1. The molecule has 0 radical (unpaired) electrons. The van der Waals surface area contributed by atoms with Crippen molar-refractivity contribution in [3.63, 3.8) is 0 Å². The lowest BCUT2D eigenvalue weighted by molar-refractivity contribution is -0.191. The summed E-state index contributed by atoms with van der Waals surface area (Å²) in [5.41, 5.74) is 2.28. The van der Waals surface area contributed by atoms with Gasteiger partial charge in [0.05, 0.1) is 25.7 Å². The van der Waals surface area contributed by atoms with Crippen molar-refractivity contribution in [2.24, 2.45) is 0 Å². The summed E-state index contributed by atoms with van der Waals surface area (Å²) in [7, 11) is 0. The van der Waals surface area contributed by atoms with Gasteiger partial charge in [0.1, 0.15) is 18.0 Å². The SMILES string of the molecule is C#CCN1CC(=O)N2[C@@H](c3ccccc3)C(=O)N(C(C)c3ccc(F)cc3)C[C@@H]2N1C(=O)NCc1ccccc1. The molecule has 0 aromatic heterocycles. The number of nitrogens with zero attached hydrogens (tertiary/aromatic N) is 4. The highest BCUT2D eigenvalue weighted by molar-refractivity contribution is 5.92. The molecule has 9 heteroatoms. The van der Waals surface area contributed by atoms with Gasteiger partial charge >= 0.3 is 6.03 Å². The molecular formula is C31H30FN5O3. The number of carbonyl (C=O) groups excluding carboxylic acids is 3. The van der Waals surface area contributed by atoms with E-state index < -0.39 is 24.3 Å². The Kier molecular flexibility index (Phi) is 7.80. The van der Waals surface area contributed by atoms with E-state index in [1.807, 2.05) is 55.5 Å². The summed E-state index contributed by atoms with van der Waals surface area (Å²) in [5.74, 6) is 1.59. The van der Waals surface area contributed by atoms with Crippen LogP contribution in [0.25, 0.3) is 0 Å². The summed E-state index contributed by atoms with van der Waals surface area (Å²) < 4.78 is 13.7. The van der Waals surface area contributed by atoms with Crippen molar-refractivity contribution in [2.75, 3.05) is 19.6 Å². The van der Waals surface area contributed by atoms with Crippen LogP contribution >= 0.6 is 0 Å². The fourth-order valence-corrected chi connectivity index (χ4v) is 5.37. The first kappa shape index (κ1) is 26.9. The Labute approximate surface area is 232 Å². The minimum Gasteiger partial charge on any atom is -0.333 e. The summed E-state index contributed by atoms with van der Waals surface area (Å²) >= 11 is 0. The Morgan fingerprint density at radius 3 is 2.33 bits per heavy atom. The third-order valence-electron chi connectivity index (χ3n) is 7.37. The summed E-state index contributed by atoms with van der Waals surface area (Å²) in [6.45, 7) is 2.06. The Bertz CT molecular complexity index is 1410. The molecule has 0 aliphatic carbocycles. The molecule has 2 saturated heterocycles. The molecule has 8 nitrogen and oxygen atoms in total. The van der Waals surface area contributed by atoms with Crippen LogP contribution in [0.15, 0.2) is 84.9 Å². The normalized spacial score (nSPS) is 20.1. The van der Waals surface area contributed by atoms with E-state index in [2.05, 4.69) is 11.2 Å². The van der Waals surface area contributed by atoms with Crippen molar-refractivity contribution in [3.05, 3.63) is 107 Å². The highest BCUT2D eigenvalue weighted by atomic mass is 19.1. The molecule has 1 N–H and O–H groups in total. The smallest absolute Gasteiger partial charge is 0.333 e. The topological polar surface area (TPSA) is 76.2 Å². The molecule has 5 rings (SSSR count). The molecule has 1 unspecified atom stereocenters. The van der Waals surface area contributed by atoms with Gasteiger partial charge in [-0.05, 0) is 35.7 Å². The number of hydrogen-bond acceptors (Lipinski definition) is 4. The van der Waals surface area contributed by atoms with Gasteiger partial charge in [-0.3, -0.25) is 9.59 Å². The minimum absolute atomic E-state index is 0.0340. The molecule has 2 fully saturated rings. The van der Waals surface area contributed by atoms with Crippen LogP contribution in [0.3, 0.4) is 0 Å². The number of halogens is 1. The third-order valence-corrected chi connectivity index (χ3v) is 7.37. The van der Waals surface area contributed by atoms with Crippen LogP contribution in [0, 0.1) is 18.2 Å². The molecule has 0 bridgehead atoms. The van der Waals surface area contributed by atoms with E-state index >= 15 is 0 Å². The zero-order chi connectivity index (χ0) is 28.2. The lowest BCUT2D eigenvalue weighted by atomic mass is 9.96. The fraction of sp³-hybridized carbons (Fsp3) is 0.258. The Morgan fingerprint density at radius 2 is 1.68 bits per heavy atom. The van der Waals surface area contributed by atoms with E-state index in [9.17, 15) is 18.8 Å². The van der Waals surface area contributed by atoms with Gasteiger partial charge in [0.15, 0.2) is 0 Å². The highest BCUT2D eigenvalue weighted by Crippen LogP contribution is 2.38. The molecule has 0 saturated carbocycles. The zero-order valence-corrected chi connectivity index (χ0v) is 22.1. The average molecular weight is 540 g/mol. The van der Waals surface area contributed by atoms with Crippen LogP contribution < -0.4 is 5.32 Å². The van der Waals surface area contributed by atoms with Crippen molar-refractivity contribution in [2.45, 2.75) is 31.7 Å². The molecule has 4 amide bonds. The van der Waals surface area contributed by atoms with Crippen LogP contribution in [0.4, 0.5) is 9.18 Å². The van der Waals surface area contributed by atoms with Crippen molar-refractivity contribution < 1.29 is 18.8 Å². The number of rotatable bonds is 6. The number of carbonyl (C=O) groups is 3. The maximum absolute atomic E-state index is 14.1. The first-order valence-corrected chi connectivity index (χ1v) is 13.1. The quantitative estimate of drug-likeness (QED) is 0.485. The molecule has 3 aromatic carbocycles. The average Bonchev–Trinajstić information content (AvgIpc) is 2.97. The predicted molar refractivity (Wildman–Crippen MR) is 147 cm³/mol. The molecule has 2 heterocycles. The number of piperazine rings is 1. The first-order valence-electron chi connectivity index (χ1n) is 13.1. The molecule has 3 aromatic rings. The van der Waals surface area contributed by atoms with E-state index in [1.54, 1.807) is 34.2 Å². The summed E-state index contributed by atoms with van der Waals surface area (Å²) in [4.78, 5) is 44.6. The number of amides is 4. The van der Waals surface area contributed by atoms with E-state index in [-0.39, 0.29) is 43.8 Å². The number of hydrazine groups is 1. The number of fused-ring (bicyclic) bond motifs is 1. The summed E-state index contributed by atoms with van der Waals surface area (Å²) in [5, 5.41) is 5.96. The third kappa shape index (κ3) is 5.26. The van der Waals surface area contributed by atoms with Crippen molar-refractivity contribution in [3.8, 4) is 12.3 Å². The van der Waals surface area contributed by atoms with Gasteiger partial charge in [0, 0.05) is 6.54 Å². The fourth-order valence-electron chi connectivity index (χ4n) is 5.37. The van der Waals surface area contributed by atoms with E-state index in [4.69, 9.17) is 6.42 Å². The minimum atomic E-state index is -0.951. The Hall–Kier alpha value is -4.68. The van der Waals surface area contributed by atoms with Crippen molar-refractivity contribution in [1.82, 2.24) is 25.1 Å². The summed E-state index contributed by atoms with van der Waals surface area (Å²) in [6.07, 6.45) is 4.81. The largest absolute Gasteiger partial charge is 0.334 e. The van der Waals surface area contributed by atoms with Gasteiger partial charge in [-0.2, -0.15) is 5.01 Å². The molecular weight excluding hydrogens is 509 g/mol. The first-order chi connectivity index (χ1) is 19.4. The Morgan fingerprint density at radius 1 is 1.02 bits per heavy atom. The molecule has 3 atom stereocenters. The van der Waals surface area contributed by atoms with Gasteiger partial charge in [0.2, 0.25) is 5.91 Å². The van der Waals surface area contributed by atoms with E-state index in [0.29, 0.717) is 5.56 Å². The molecule has 0 spiro atoms. The second kappa shape index (κ2) is 11.6. The number of urea groups is 1. The van der Waals surface area contributed by atoms with Crippen LogP contribution in [0.5, 0.6) is 0 Å². The number of hydrogen-bond donors (Lipinski definition) is 1.